The highest BCUT2D eigenvalue weighted by Gasteiger charge is 2.15. The predicted molar refractivity (Wildman–Crippen MR) is 96.8 cm³/mol. The van der Waals surface area contributed by atoms with Crippen LogP contribution in [0.5, 0.6) is 0 Å². The molecule has 2 aromatic heterocycles. The Bertz CT molecular complexity index is 600. The van der Waals surface area contributed by atoms with E-state index in [-0.39, 0.29) is 5.54 Å². The predicted octanol–water partition coefficient (Wildman–Crippen LogP) is 3.00. The second-order valence-corrected chi connectivity index (χ2v) is 6.86. The van der Waals surface area contributed by atoms with Crippen LogP contribution < -0.4 is 5.32 Å². The maximum Gasteiger partial charge on any atom is 0.407 e. The summed E-state index contributed by atoms with van der Waals surface area (Å²) in [7, 11) is 0. The lowest BCUT2D eigenvalue weighted by atomic mass is 10.1. The molecule has 0 saturated carbocycles. The highest BCUT2D eigenvalue weighted by atomic mass is 16.5. The zero-order chi connectivity index (χ0) is 18.1. The molecule has 1 N–H and O–H groups in total. The minimum absolute atomic E-state index is 0.307. The molecule has 0 unspecified atom stereocenters. The molecule has 0 bridgehead atoms. The van der Waals surface area contributed by atoms with E-state index in [9.17, 15) is 4.79 Å². The van der Waals surface area contributed by atoms with Crippen molar-refractivity contribution in [2.75, 3.05) is 13.2 Å². The Kier molecular flexibility index (Phi) is 6.89. The van der Waals surface area contributed by atoms with E-state index in [1.807, 2.05) is 57.2 Å². The molecular formula is C19H26N4O2. The second kappa shape index (κ2) is 9.13. The molecule has 0 fully saturated rings. The third kappa shape index (κ3) is 7.76. The fraction of sp³-hybridized carbons (Fsp3) is 0.421. The minimum atomic E-state index is -0.400. The van der Waals surface area contributed by atoms with Crippen LogP contribution in [0.25, 0.3) is 0 Å². The van der Waals surface area contributed by atoms with E-state index in [0.29, 0.717) is 26.2 Å². The van der Waals surface area contributed by atoms with E-state index < -0.39 is 6.09 Å². The normalized spacial score (nSPS) is 11.4. The molecule has 0 saturated heterocycles. The van der Waals surface area contributed by atoms with Gasteiger partial charge in [0.25, 0.3) is 0 Å². The fourth-order valence-corrected chi connectivity index (χ4v) is 2.27. The van der Waals surface area contributed by atoms with Crippen LogP contribution in [-0.4, -0.2) is 39.7 Å². The number of amides is 1. The number of hydrogen-bond donors (Lipinski definition) is 1. The van der Waals surface area contributed by atoms with Crippen molar-refractivity contribution in [2.24, 2.45) is 0 Å². The Morgan fingerprint density at radius 1 is 1.04 bits per heavy atom. The van der Waals surface area contributed by atoms with E-state index in [4.69, 9.17) is 4.74 Å². The quantitative estimate of drug-likeness (QED) is 0.838. The van der Waals surface area contributed by atoms with Crippen LogP contribution >= 0.6 is 0 Å². The summed E-state index contributed by atoms with van der Waals surface area (Å²) in [5.74, 6) is 0. The lowest BCUT2D eigenvalue weighted by Gasteiger charge is -2.23. The third-order valence-corrected chi connectivity index (χ3v) is 3.34. The van der Waals surface area contributed by atoms with Gasteiger partial charge in [-0.15, -0.1) is 0 Å². The van der Waals surface area contributed by atoms with Crippen molar-refractivity contribution in [1.29, 1.82) is 0 Å². The van der Waals surface area contributed by atoms with Crippen molar-refractivity contribution in [3.63, 3.8) is 0 Å². The molecule has 0 aromatic carbocycles. The molecular weight excluding hydrogens is 316 g/mol. The molecule has 0 aliphatic carbocycles. The van der Waals surface area contributed by atoms with E-state index in [2.05, 4.69) is 20.2 Å². The van der Waals surface area contributed by atoms with Crippen LogP contribution in [0.1, 0.15) is 32.2 Å². The third-order valence-electron chi connectivity index (χ3n) is 3.34. The number of aromatic nitrogens is 2. The fourth-order valence-electron chi connectivity index (χ4n) is 2.27. The number of carbonyl (C=O) groups is 1. The molecule has 0 atom stereocenters. The maximum absolute atomic E-state index is 11.8. The number of nitrogens with zero attached hydrogens (tertiary/aromatic N) is 3. The molecule has 25 heavy (non-hydrogen) atoms. The van der Waals surface area contributed by atoms with Crippen LogP contribution in [0.2, 0.25) is 0 Å². The lowest BCUT2D eigenvalue weighted by Crippen LogP contribution is -2.41. The number of carbonyl (C=O) groups excluding carboxylic acids is 1. The van der Waals surface area contributed by atoms with Gasteiger partial charge in [0.2, 0.25) is 0 Å². The lowest BCUT2D eigenvalue weighted by molar-refractivity contribution is 0.116. The van der Waals surface area contributed by atoms with Crippen LogP contribution in [-0.2, 0) is 17.8 Å². The topological polar surface area (TPSA) is 67.3 Å². The number of hydrogen-bond acceptors (Lipinski definition) is 5. The number of alkyl carbamates (subject to hydrolysis) is 1. The average Bonchev–Trinajstić information content (AvgIpc) is 2.55. The van der Waals surface area contributed by atoms with Gasteiger partial charge in [0, 0.05) is 37.6 Å². The number of rotatable bonds is 7. The number of pyridine rings is 2. The standard InChI is InChI=1S/C19H26N4O2/c1-19(2,3)22-18(24)25-13-12-23(14-16-8-4-6-10-20-16)15-17-9-5-7-11-21-17/h4-11H,12-15H2,1-3H3,(H,22,24). The Balaban J connectivity index is 1.91. The highest BCUT2D eigenvalue weighted by Crippen LogP contribution is 2.07. The van der Waals surface area contributed by atoms with Crippen molar-refractivity contribution in [2.45, 2.75) is 39.4 Å². The van der Waals surface area contributed by atoms with Gasteiger partial charge in [-0.3, -0.25) is 14.9 Å². The Hall–Kier alpha value is -2.47. The van der Waals surface area contributed by atoms with E-state index in [1.54, 1.807) is 12.4 Å². The second-order valence-electron chi connectivity index (χ2n) is 6.86. The van der Waals surface area contributed by atoms with Gasteiger partial charge in [-0.1, -0.05) is 12.1 Å². The Labute approximate surface area is 149 Å². The molecule has 2 rings (SSSR count). The average molecular weight is 342 g/mol. The van der Waals surface area contributed by atoms with Crippen molar-refractivity contribution in [3.8, 4) is 0 Å². The molecule has 2 heterocycles. The summed E-state index contributed by atoms with van der Waals surface area (Å²) in [6.45, 7) is 8.00. The first-order valence-corrected chi connectivity index (χ1v) is 8.39. The molecule has 2 aromatic rings. The first kappa shape index (κ1) is 18.9. The summed E-state index contributed by atoms with van der Waals surface area (Å²) in [5, 5.41) is 2.79. The van der Waals surface area contributed by atoms with E-state index in [1.165, 1.54) is 0 Å². The van der Waals surface area contributed by atoms with Gasteiger partial charge in [-0.25, -0.2) is 4.79 Å². The summed E-state index contributed by atoms with van der Waals surface area (Å²) in [5.41, 5.74) is 1.63. The summed E-state index contributed by atoms with van der Waals surface area (Å²) in [6, 6.07) is 11.7. The Morgan fingerprint density at radius 3 is 2.04 bits per heavy atom. The molecule has 0 aliphatic rings. The molecule has 134 valence electrons. The van der Waals surface area contributed by atoms with Crippen molar-refractivity contribution in [1.82, 2.24) is 20.2 Å². The smallest absolute Gasteiger partial charge is 0.407 e. The zero-order valence-corrected chi connectivity index (χ0v) is 15.1. The SMILES string of the molecule is CC(C)(C)NC(=O)OCCN(Cc1ccccn1)Cc1ccccn1. The first-order chi connectivity index (χ1) is 11.9. The molecule has 6 heteroatoms. The van der Waals surface area contributed by atoms with Crippen molar-refractivity contribution >= 4 is 6.09 Å². The first-order valence-electron chi connectivity index (χ1n) is 8.39. The zero-order valence-electron chi connectivity index (χ0n) is 15.1. The van der Waals surface area contributed by atoms with E-state index in [0.717, 1.165) is 11.4 Å². The molecule has 0 radical (unpaired) electrons. The maximum atomic E-state index is 11.8. The summed E-state index contributed by atoms with van der Waals surface area (Å²) in [4.78, 5) is 22.7. The van der Waals surface area contributed by atoms with Crippen molar-refractivity contribution < 1.29 is 9.53 Å². The minimum Gasteiger partial charge on any atom is -0.448 e. The van der Waals surface area contributed by atoms with E-state index >= 15 is 0 Å². The van der Waals surface area contributed by atoms with Crippen LogP contribution in [0, 0.1) is 0 Å². The highest BCUT2D eigenvalue weighted by molar-refractivity contribution is 5.68. The van der Waals surface area contributed by atoms with Crippen molar-refractivity contribution in [3.05, 3.63) is 60.2 Å². The number of ether oxygens (including phenoxy) is 1. The monoisotopic (exact) mass is 342 g/mol. The molecule has 0 aliphatic heterocycles. The Morgan fingerprint density at radius 2 is 1.60 bits per heavy atom. The van der Waals surface area contributed by atoms with Gasteiger partial charge in [0.15, 0.2) is 0 Å². The summed E-state index contributed by atoms with van der Waals surface area (Å²) >= 11 is 0. The van der Waals surface area contributed by atoms with Crippen LogP contribution in [0.4, 0.5) is 4.79 Å². The number of nitrogens with one attached hydrogen (secondary N) is 1. The summed E-state index contributed by atoms with van der Waals surface area (Å²) in [6.07, 6.45) is 3.16. The van der Waals surface area contributed by atoms with Gasteiger partial charge >= 0.3 is 6.09 Å². The van der Waals surface area contributed by atoms with Gasteiger partial charge < -0.3 is 10.1 Å². The summed E-state index contributed by atoms with van der Waals surface area (Å²) < 4.78 is 5.29. The van der Waals surface area contributed by atoms with Gasteiger partial charge in [-0.2, -0.15) is 0 Å². The largest absolute Gasteiger partial charge is 0.448 e. The molecule has 1 amide bonds. The van der Waals surface area contributed by atoms with Crippen LogP contribution in [0.3, 0.4) is 0 Å². The van der Waals surface area contributed by atoms with Crippen LogP contribution in [0.15, 0.2) is 48.8 Å². The molecule has 6 nitrogen and oxygen atoms in total. The van der Waals surface area contributed by atoms with Gasteiger partial charge in [0.05, 0.1) is 11.4 Å². The van der Waals surface area contributed by atoms with Gasteiger partial charge in [0.1, 0.15) is 6.61 Å². The van der Waals surface area contributed by atoms with Gasteiger partial charge in [-0.05, 0) is 45.0 Å². The molecule has 0 spiro atoms.